The summed E-state index contributed by atoms with van der Waals surface area (Å²) >= 11 is 0. The van der Waals surface area contributed by atoms with E-state index in [2.05, 4.69) is 0 Å². The van der Waals surface area contributed by atoms with Gasteiger partial charge in [0.2, 0.25) is 0 Å². The maximum absolute atomic E-state index is 7.89. The Balaban J connectivity index is 2.03. The molecule has 1 aliphatic heterocycles. The lowest BCUT2D eigenvalue weighted by molar-refractivity contribution is 0.0528. The molecule has 0 radical (unpaired) electrons. The van der Waals surface area contributed by atoms with Crippen LogP contribution in [0.2, 0.25) is 0 Å². The summed E-state index contributed by atoms with van der Waals surface area (Å²) in [6.45, 7) is 1.81. The molecule has 2 aromatic rings. The van der Waals surface area contributed by atoms with E-state index in [1.807, 2.05) is 73.3 Å². The van der Waals surface area contributed by atoms with Gasteiger partial charge in [-0.1, -0.05) is 48.5 Å². The van der Waals surface area contributed by atoms with E-state index in [0.717, 1.165) is 16.8 Å². The van der Waals surface area contributed by atoms with Gasteiger partial charge in [0.25, 0.3) is 0 Å². The normalized spacial score (nSPS) is 28.8. The molecule has 0 spiro atoms. The smallest absolute Gasteiger partial charge is 0.128 e. The molecule has 0 aromatic heterocycles. The van der Waals surface area contributed by atoms with Crippen molar-refractivity contribution in [3.8, 4) is 0 Å². The number of hydrogen-bond donors (Lipinski definition) is 0. The Morgan fingerprint density at radius 2 is 1.75 bits per heavy atom. The molecule has 0 saturated carbocycles. The second kappa shape index (κ2) is 5.29. The molecule has 0 bridgehead atoms. The monoisotopic (exact) mass is 270 g/mol. The average molecular weight is 270 g/mol. The van der Waals surface area contributed by atoms with Crippen molar-refractivity contribution in [1.82, 2.24) is 0 Å². The highest BCUT2D eigenvalue weighted by molar-refractivity contribution is 5.55. The highest BCUT2D eigenvalue weighted by atomic mass is 16.5. The molecule has 20 heavy (non-hydrogen) atoms. The van der Waals surface area contributed by atoms with Crippen LogP contribution in [0.25, 0.3) is 0 Å². The van der Waals surface area contributed by atoms with Crippen molar-refractivity contribution in [2.24, 2.45) is 0 Å². The lowest BCUT2D eigenvalue weighted by Gasteiger charge is -2.28. The van der Waals surface area contributed by atoms with Crippen molar-refractivity contribution < 1.29 is 8.85 Å². The van der Waals surface area contributed by atoms with Gasteiger partial charge >= 0.3 is 0 Å². The standard InChI is InChI=1S/C18H21NO/c1-13-9-7-8-12-17(13)19-14(2)18(20-15(19)3)16-10-5-4-6-11-16/h4-12,14-15,18H,1-3H3/t14-,15?,18?/m0/s1/i3D3. The van der Waals surface area contributed by atoms with Gasteiger partial charge < -0.3 is 9.64 Å². The summed E-state index contributed by atoms with van der Waals surface area (Å²) in [6.07, 6.45) is -1.20. The van der Waals surface area contributed by atoms with Crippen LogP contribution in [0.15, 0.2) is 54.6 Å². The zero-order chi connectivity index (χ0) is 16.6. The van der Waals surface area contributed by atoms with Crippen molar-refractivity contribution in [2.45, 2.75) is 39.1 Å². The van der Waals surface area contributed by atoms with E-state index < -0.39 is 13.1 Å². The Hall–Kier alpha value is -1.80. The van der Waals surface area contributed by atoms with Crippen LogP contribution in [0.3, 0.4) is 0 Å². The minimum atomic E-state index is -2.21. The van der Waals surface area contributed by atoms with E-state index in [-0.39, 0.29) is 12.1 Å². The molecule has 3 atom stereocenters. The maximum atomic E-state index is 7.89. The first kappa shape index (κ1) is 10.0. The molecular formula is C18H21NO. The van der Waals surface area contributed by atoms with Gasteiger partial charge in [-0.2, -0.15) is 0 Å². The summed E-state index contributed by atoms with van der Waals surface area (Å²) in [6, 6.07) is 17.6. The number of anilines is 1. The Bertz CT molecular complexity index is 671. The van der Waals surface area contributed by atoms with Crippen LogP contribution in [0.4, 0.5) is 5.69 Å². The number of hydrogen-bond acceptors (Lipinski definition) is 2. The first-order chi connectivity index (χ1) is 10.9. The molecule has 2 heteroatoms. The Morgan fingerprint density at radius 1 is 1.05 bits per heavy atom. The van der Waals surface area contributed by atoms with Crippen LogP contribution in [0, 0.1) is 6.92 Å². The number of para-hydroxylation sites is 1. The van der Waals surface area contributed by atoms with Crippen molar-refractivity contribution in [3.05, 3.63) is 65.7 Å². The quantitative estimate of drug-likeness (QED) is 0.806. The summed E-state index contributed by atoms with van der Waals surface area (Å²) in [5, 5.41) is 0. The van der Waals surface area contributed by atoms with Crippen molar-refractivity contribution in [2.75, 3.05) is 4.90 Å². The third-order valence-electron chi connectivity index (χ3n) is 3.93. The van der Waals surface area contributed by atoms with Gasteiger partial charge in [0.15, 0.2) is 0 Å². The lowest BCUT2D eigenvalue weighted by Crippen LogP contribution is -2.34. The van der Waals surface area contributed by atoms with Gasteiger partial charge in [0, 0.05) is 9.80 Å². The summed E-state index contributed by atoms with van der Waals surface area (Å²) in [5.41, 5.74) is 2.97. The Kier molecular flexibility index (Phi) is 2.65. The zero-order valence-electron chi connectivity index (χ0n) is 14.8. The van der Waals surface area contributed by atoms with Gasteiger partial charge in [-0.15, -0.1) is 0 Å². The largest absolute Gasteiger partial charge is 0.349 e. The molecule has 1 aliphatic rings. The van der Waals surface area contributed by atoms with Crippen LogP contribution < -0.4 is 4.90 Å². The summed E-state index contributed by atoms with van der Waals surface area (Å²) in [5.74, 6) is 0. The molecule has 2 nitrogen and oxygen atoms in total. The van der Waals surface area contributed by atoms with E-state index in [1.54, 1.807) is 0 Å². The molecule has 104 valence electrons. The first-order valence-electron chi connectivity index (χ1n) is 8.44. The fraction of sp³-hybridized carbons (Fsp3) is 0.333. The molecule has 2 unspecified atom stereocenters. The molecule has 0 amide bonds. The van der Waals surface area contributed by atoms with Gasteiger partial charge in [-0.3, -0.25) is 0 Å². The summed E-state index contributed by atoms with van der Waals surface area (Å²) in [4.78, 5) is 1.90. The number of rotatable bonds is 2. The second-order valence-corrected chi connectivity index (χ2v) is 5.25. The van der Waals surface area contributed by atoms with Crippen LogP contribution in [-0.2, 0) is 4.74 Å². The zero-order valence-corrected chi connectivity index (χ0v) is 11.8. The highest BCUT2D eigenvalue weighted by Crippen LogP contribution is 2.38. The van der Waals surface area contributed by atoms with Gasteiger partial charge in [-0.25, -0.2) is 0 Å². The van der Waals surface area contributed by atoms with E-state index in [4.69, 9.17) is 8.85 Å². The minimum Gasteiger partial charge on any atom is -0.349 e. The molecular weight excluding hydrogens is 246 g/mol. The third kappa shape index (κ3) is 2.20. The van der Waals surface area contributed by atoms with E-state index in [0.29, 0.717) is 0 Å². The molecule has 0 aliphatic carbocycles. The summed E-state index contributed by atoms with van der Waals surface area (Å²) in [7, 11) is 0. The van der Waals surface area contributed by atoms with Crippen LogP contribution in [0.1, 0.15) is 35.1 Å². The topological polar surface area (TPSA) is 12.5 Å². The van der Waals surface area contributed by atoms with Crippen molar-refractivity contribution in [1.29, 1.82) is 0 Å². The van der Waals surface area contributed by atoms with E-state index in [9.17, 15) is 0 Å². The van der Waals surface area contributed by atoms with Crippen LogP contribution >= 0.6 is 0 Å². The van der Waals surface area contributed by atoms with E-state index in [1.165, 1.54) is 0 Å². The molecule has 1 fully saturated rings. The van der Waals surface area contributed by atoms with E-state index >= 15 is 0 Å². The predicted octanol–water partition coefficient (Wildman–Crippen LogP) is 4.31. The number of aryl methyl sites for hydroxylation is 1. The fourth-order valence-electron chi connectivity index (χ4n) is 2.88. The van der Waals surface area contributed by atoms with Crippen LogP contribution in [0.5, 0.6) is 0 Å². The van der Waals surface area contributed by atoms with Crippen LogP contribution in [-0.4, -0.2) is 12.3 Å². The van der Waals surface area contributed by atoms with Crippen molar-refractivity contribution in [3.63, 3.8) is 0 Å². The molecule has 3 rings (SSSR count). The third-order valence-corrected chi connectivity index (χ3v) is 3.93. The maximum Gasteiger partial charge on any atom is 0.128 e. The predicted molar refractivity (Wildman–Crippen MR) is 82.9 cm³/mol. The van der Waals surface area contributed by atoms with Gasteiger partial charge in [0.1, 0.15) is 12.3 Å². The number of ether oxygens (including phenoxy) is 1. The average Bonchev–Trinajstić information content (AvgIpc) is 2.86. The van der Waals surface area contributed by atoms with Gasteiger partial charge in [0.05, 0.1) is 6.04 Å². The first-order valence-corrected chi connectivity index (χ1v) is 6.94. The number of benzene rings is 2. The summed E-state index contributed by atoms with van der Waals surface area (Å²) < 4.78 is 29.7. The Labute approximate surface area is 125 Å². The molecule has 0 N–H and O–H groups in total. The van der Waals surface area contributed by atoms with Crippen molar-refractivity contribution >= 4 is 5.69 Å². The van der Waals surface area contributed by atoms with Gasteiger partial charge in [-0.05, 0) is 37.9 Å². The Morgan fingerprint density at radius 3 is 2.45 bits per heavy atom. The number of nitrogens with zero attached hydrogens (tertiary/aromatic N) is 1. The fourth-order valence-corrected chi connectivity index (χ4v) is 2.88. The molecule has 2 aromatic carbocycles. The lowest BCUT2D eigenvalue weighted by atomic mass is 10.0. The molecule has 1 heterocycles. The minimum absolute atomic E-state index is 0.0658. The SMILES string of the molecule is [2H]C([2H])([2H])C1OC(c2ccccc2)[C@H](C)N1c1ccccc1C. The molecule has 1 saturated heterocycles. The highest BCUT2D eigenvalue weighted by Gasteiger charge is 2.38. The second-order valence-electron chi connectivity index (χ2n) is 5.25.